The van der Waals surface area contributed by atoms with Crippen LogP contribution in [0, 0.1) is 0 Å². The van der Waals surface area contributed by atoms with E-state index in [9.17, 15) is 9.90 Å². The van der Waals surface area contributed by atoms with Crippen molar-refractivity contribution in [2.75, 3.05) is 0 Å². The molecule has 0 amide bonds. The van der Waals surface area contributed by atoms with E-state index in [1.54, 1.807) is 6.07 Å². The molecule has 1 heterocycles. The van der Waals surface area contributed by atoms with E-state index in [-0.39, 0.29) is 24.1 Å². The predicted octanol–water partition coefficient (Wildman–Crippen LogP) is 5.27. The molecule has 1 aliphatic heterocycles. The van der Waals surface area contributed by atoms with Crippen LogP contribution in [0.5, 0.6) is 11.5 Å². The smallest absolute Gasteiger partial charge is 0.171 e. The predicted molar refractivity (Wildman–Crippen MR) is 102 cm³/mol. The second-order valence-electron chi connectivity index (χ2n) is 6.30. The van der Waals surface area contributed by atoms with Crippen LogP contribution in [0.4, 0.5) is 0 Å². The van der Waals surface area contributed by atoms with Gasteiger partial charge in [0.1, 0.15) is 17.6 Å². The number of fused-ring (bicyclic) bond motifs is 1. The molecule has 1 aliphatic rings. The molecule has 0 spiro atoms. The topological polar surface area (TPSA) is 46.5 Å². The first kappa shape index (κ1) is 16.2. The molecule has 3 nitrogen and oxygen atoms in total. The van der Waals surface area contributed by atoms with E-state index in [0.29, 0.717) is 16.9 Å². The van der Waals surface area contributed by atoms with Crippen LogP contribution in [0.3, 0.4) is 0 Å². The van der Waals surface area contributed by atoms with Crippen LogP contribution < -0.4 is 4.74 Å². The molecular weight excluding hydrogens is 324 g/mol. The van der Waals surface area contributed by atoms with Gasteiger partial charge in [-0.2, -0.15) is 0 Å². The molecular formula is C23H18O3. The number of ether oxygens (including phenoxy) is 1. The zero-order valence-electron chi connectivity index (χ0n) is 14.1. The molecule has 0 saturated heterocycles. The molecule has 4 rings (SSSR count). The number of hydrogen-bond acceptors (Lipinski definition) is 3. The molecule has 0 radical (unpaired) electrons. The number of rotatable bonds is 3. The van der Waals surface area contributed by atoms with E-state index in [4.69, 9.17) is 4.74 Å². The van der Waals surface area contributed by atoms with Crippen molar-refractivity contribution in [2.45, 2.75) is 12.5 Å². The van der Waals surface area contributed by atoms with E-state index < -0.39 is 0 Å². The van der Waals surface area contributed by atoms with Gasteiger partial charge in [-0.3, -0.25) is 4.79 Å². The molecule has 3 aromatic rings. The molecule has 3 heteroatoms. The van der Waals surface area contributed by atoms with Gasteiger partial charge in [-0.25, -0.2) is 0 Å². The van der Waals surface area contributed by atoms with Crippen molar-refractivity contribution in [3.63, 3.8) is 0 Å². The molecule has 3 aromatic carbocycles. The lowest BCUT2D eigenvalue weighted by atomic mass is 9.92. The number of Topliss-reactive ketones (excluding diaryl/α,β-unsaturated/α-hetero) is 1. The molecule has 0 aliphatic carbocycles. The Balaban J connectivity index is 1.71. The van der Waals surface area contributed by atoms with Crippen molar-refractivity contribution >= 4 is 17.9 Å². The van der Waals surface area contributed by atoms with Crippen molar-refractivity contribution in [3.8, 4) is 11.5 Å². The van der Waals surface area contributed by atoms with Gasteiger partial charge in [0.15, 0.2) is 5.78 Å². The Bertz CT molecular complexity index is 960. The normalized spacial score (nSPS) is 16.3. The van der Waals surface area contributed by atoms with E-state index >= 15 is 0 Å². The highest BCUT2D eigenvalue weighted by molar-refractivity contribution is 6.04. The molecule has 26 heavy (non-hydrogen) atoms. The van der Waals surface area contributed by atoms with Crippen LogP contribution in [-0.4, -0.2) is 10.9 Å². The fraction of sp³-hybridized carbons (Fsp3) is 0.0870. The first-order valence-electron chi connectivity index (χ1n) is 8.55. The first-order valence-corrected chi connectivity index (χ1v) is 8.55. The van der Waals surface area contributed by atoms with Gasteiger partial charge in [0, 0.05) is 6.07 Å². The highest BCUT2D eigenvalue weighted by Crippen LogP contribution is 2.39. The average molecular weight is 342 g/mol. The summed E-state index contributed by atoms with van der Waals surface area (Å²) in [6, 6.07) is 22.6. The SMILES string of the molecule is O=C1C[C@@H](c2ccccc2)Oc2cc(O)cc(/C=C/c3ccccc3)c21. The molecule has 0 fully saturated rings. The van der Waals surface area contributed by atoms with Gasteiger partial charge in [-0.1, -0.05) is 72.8 Å². The largest absolute Gasteiger partial charge is 0.508 e. The maximum Gasteiger partial charge on any atom is 0.171 e. The number of aromatic hydroxyl groups is 1. The molecule has 0 unspecified atom stereocenters. The molecule has 128 valence electrons. The molecule has 1 N–H and O–H groups in total. The minimum atomic E-state index is -0.330. The van der Waals surface area contributed by atoms with Gasteiger partial charge in [0.25, 0.3) is 0 Å². The minimum absolute atomic E-state index is 0.0211. The Morgan fingerprint density at radius 2 is 1.62 bits per heavy atom. The lowest BCUT2D eigenvalue weighted by molar-refractivity contribution is 0.0849. The lowest BCUT2D eigenvalue weighted by Gasteiger charge is -2.26. The van der Waals surface area contributed by atoms with Crippen LogP contribution in [0.2, 0.25) is 0 Å². The first-order chi connectivity index (χ1) is 12.7. The molecule has 0 aromatic heterocycles. The Morgan fingerprint density at radius 3 is 2.35 bits per heavy atom. The van der Waals surface area contributed by atoms with E-state index in [0.717, 1.165) is 11.1 Å². The van der Waals surface area contributed by atoms with Gasteiger partial charge < -0.3 is 9.84 Å². The monoisotopic (exact) mass is 342 g/mol. The van der Waals surface area contributed by atoms with Gasteiger partial charge in [0.05, 0.1) is 12.0 Å². The van der Waals surface area contributed by atoms with E-state index in [1.807, 2.05) is 72.8 Å². The third-order valence-corrected chi connectivity index (χ3v) is 4.46. The van der Waals surface area contributed by atoms with E-state index in [1.165, 1.54) is 6.07 Å². The number of benzene rings is 3. The van der Waals surface area contributed by atoms with Crippen LogP contribution in [-0.2, 0) is 0 Å². The molecule has 1 atom stereocenters. The van der Waals surface area contributed by atoms with Crippen molar-refractivity contribution in [3.05, 3.63) is 95.1 Å². The van der Waals surface area contributed by atoms with Gasteiger partial charge in [-0.15, -0.1) is 0 Å². The fourth-order valence-corrected chi connectivity index (χ4v) is 3.21. The van der Waals surface area contributed by atoms with Crippen molar-refractivity contribution in [2.24, 2.45) is 0 Å². The minimum Gasteiger partial charge on any atom is -0.508 e. The van der Waals surface area contributed by atoms with Crippen molar-refractivity contribution in [1.29, 1.82) is 0 Å². The van der Waals surface area contributed by atoms with Crippen molar-refractivity contribution in [1.82, 2.24) is 0 Å². The number of carbonyl (C=O) groups excluding carboxylic acids is 1. The summed E-state index contributed by atoms with van der Waals surface area (Å²) in [7, 11) is 0. The fourth-order valence-electron chi connectivity index (χ4n) is 3.21. The Hall–Kier alpha value is -3.33. The average Bonchev–Trinajstić information content (AvgIpc) is 2.67. The number of phenolic OH excluding ortho intramolecular Hbond substituents is 1. The number of carbonyl (C=O) groups is 1. The maximum absolute atomic E-state index is 12.8. The summed E-state index contributed by atoms with van der Waals surface area (Å²) in [4.78, 5) is 12.8. The number of hydrogen-bond donors (Lipinski definition) is 1. The Kier molecular flexibility index (Phi) is 4.28. The Labute approximate surface area is 152 Å². The quantitative estimate of drug-likeness (QED) is 0.660. The lowest BCUT2D eigenvalue weighted by Crippen LogP contribution is -2.21. The second-order valence-corrected chi connectivity index (χ2v) is 6.30. The molecule has 0 saturated carbocycles. The van der Waals surface area contributed by atoms with Gasteiger partial charge in [-0.05, 0) is 22.8 Å². The summed E-state index contributed by atoms with van der Waals surface area (Å²) in [6.07, 6.45) is 3.72. The summed E-state index contributed by atoms with van der Waals surface area (Å²) in [5.41, 5.74) is 3.18. The second kappa shape index (κ2) is 6.89. The maximum atomic E-state index is 12.8. The summed E-state index contributed by atoms with van der Waals surface area (Å²) >= 11 is 0. The zero-order chi connectivity index (χ0) is 17.9. The number of phenols is 1. The summed E-state index contributed by atoms with van der Waals surface area (Å²) < 4.78 is 6.05. The third kappa shape index (κ3) is 3.24. The highest BCUT2D eigenvalue weighted by Gasteiger charge is 2.29. The highest BCUT2D eigenvalue weighted by atomic mass is 16.5. The van der Waals surface area contributed by atoms with Crippen LogP contribution in [0.15, 0.2) is 72.8 Å². The molecule has 0 bridgehead atoms. The van der Waals surface area contributed by atoms with Crippen LogP contribution >= 0.6 is 0 Å². The van der Waals surface area contributed by atoms with Gasteiger partial charge >= 0.3 is 0 Å². The third-order valence-electron chi connectivity index (χ3n) is 4.46. The van der Waals surface area contributed by atoms with Crippen LogP contribution in [0.25, 0.3) is 12.2 Å². The Morgan fingerprint density at radius 1 is 0.923 bits per heavy atom. The van der Waals surface area contributed by atoms with Gasteiger partial charge in [0.2, 0.25) is 0 Å². The van der Waals surface area contributed by atoms with E-state index in [2.05, 4.69) is 0 Å². The number of ketones is 1. The van der Waals surface area contributed by atoms with Crippen molar-refractivity contribution < 1.29 is 14.6 Å². The standard InChI is InChI=1S/C23H18O3/c24-19-13-18(12-11-16-7-3-1-4-8-16)23-20(25)15-21(26-22(23)14-19)17-9-5-2-6-10-17/h1-14,21,24H,15H2/b12-11+/t21-/m0/s1. The summed E-state index contributed by atoms with van der Waals surface area (Å²) in [5, 5.41) is 10.1. The summed E-state index contributed by atoms with van der Waals surface area (Å²) in [6.45, 7) is 0. The summed E-state index contributed by atoms with van der Waals surface area (Å²) in [5.74, 6) is 0.536. The van der Waals surface area contributed by atoms with Crippen LogP contribution in [0.1, 0.15) is 39.6 Å². The zero-order valence-corrected chi connectivity index (χ0v) is 14.1.